The standard InChI is InChI=1S/C17H25N3O/c21-17(13-15-6-3-9-18-15)19-10-4-11-20-12-8-14-5-1-2-7-16(14)20/h1-2,5,7,15,18H,3-4,6,8-13H2,(H,19,21). The lowest BCUT2D eigenvalue weighted by atomic mass is 10.1. The third-order valence-corrected chi connectivity index (χ3v) is 4.50. The Balaban J connectivity index is 1.34. The first-order chi connectivity index (χ1) is 10.3. The summed E-state index contributed by atoms with van der Waals surface area (Å²) in [5.41, 5.74) is 2.83. The fourth-order valence-electron chi connectivity index (χ4n) is 3.36. The van der Waals surface area contributed by atoms with Crippen LogP contribution in [0.1, 0.15) is 31.2 Å². The number of nitrogens with zero attached hydrogens (tertiary/aromatic N) is 1. The second-order valence-electron chi connectivity index (χ2n) is 6.07. The van der Waals surface area contributed by atoms with Crippen LogP contribution in [0.25, 0.3) is 0 Å². The highest BCUT2D eigenvalue weighted by Gasteiger charge is 2.18. The quantitative estimate of drug-likeness (QED) is 0.783. The molecule has 1 unspecified atom stereocenters. The predicted molar refractivity (Wildman–Crippen MR) is 85.6 cm³/mol. The van der Waals surface area contributed by atoms with Crippen LogP contribution in [0.5, 0.6) is 0 Å². The Kier molecular flexibility index (Phi) is 4.76. The van der Waals surface area contributed by atoms with Gasteiger partial charge in [-0.25, -0.2) is 0 Å². The summed E-state index contributed by atoms with van der Waals surface area (Å²) < 4.78 is 0. The van der Waals surface area contributed by atoms with Gasteiger partial charge in [0.2, 0.25) is 5.91 Å². The summed E-state index contributed by atoms with van der Waals surface area (Å²) >= 11 is 0. The Morgan fingerprint density at radius 1 is 1.38 bits per heavy atom. The van der Waals surface area contributed by atoms with Crippen LogP contribution >= 0.6 is 0 Å². The number of amides is 1. The van der Waals surface area contributed by atoms with Gasteiger partial charge in [-0.2, -0.15) is 0 Å². The second kappa shape index (κ2) is 6.94. The first kappa shape index (κ1) is 14.4. The minimum atomic E-state index is 0.191. The van der Waals surface area contributed by atoms with E-state index in [0.29, 0.717) is 12.5 Å². The van der Waals surface area contributed by atoms with E-state index in [2.05, 4.69) is 39.8 Å². The van der Waals surface area contributed by atoms with Crippen LogP contribution < -0.4 is 15.5 Å². The second-order valence-corrected chi connectivity index (χ2v) is 6.07. The molecule has 0 radical (unpaired) electrons. The van der Waals surface area contributed by atoms with Gasteiger partial charge in [0.1, 0.15) is 0 Å². The SMILES string of the molecule is O=C(CC1CCCN1)NCCCN1CCc2ccccc21. The van der Waals surface area contributed by atoms with E-state index in [1.165, 1.54) is 17.7 Å². The van der Waals surface area contributed by atoms with Crippen LogP contribution in [0.2, 0.25) is 0 Å². The van der Waals surface area contributed by atoms with E-state index < -0.39 is 0 Å². The molecule has 0 aliphatic carbocycles. The maximum Gasteiger partial charge on any atom is 0.221 e. The van der Waals surface area contributed by atoms with E-state index in [4.69, 9.17) is 0 Å². The van der Waals surface area contributed by atoms with Crippen molar-refractivity contribution in [1.82, 2.24) is 10.6 Å². The third kappa shape index (κ3) is 3.76. The highest BCUT2D eigenvalue weighted by Crippen LogP contribution is 2.27. The molecule has 1 atom stereocenters. The minimum Gasteiger partial charge on any atom is -0.371 e. The fourth-order valence-corrected chi connectivity index (χ4v) is 3.36. The summed E-state index contributed by atoms with van der Waals surface area (Å²) in [6.07, 6.45) is 5.13. The van der Waals surface area contributed by atoms with E-state index in [-0.39, 0.29) is 5.91 Å². The topological polar surface area (TPSA) is 44.4 Å². The van der Waals surface area contributed by atoms with Crippen LogP contribution in [0.15, 0.2) is 24.3 Å². The molecular weight excluding hydrogens is 262 g/mol. The van der Waals surface area contributed by atoms with E-state index >= 15 is 0 Å². The lowest BCUT2D eigenvalue weighted by molar-refractivity contribution is -0.121. The van der Waals surface area contributed by atoms with Gasteiger partial charge in [0, 0.05) is 37.8 Å². The molecule has 4 heteroatoms. The molecule has 1 aromatic carbocycles. The lowest BCUT2D eigenvalue weighted by Crippen LogP contribution is -2.33. The van der Waals surface area contributed by atoms with E-state index in [1.54, 1.807) is 0 Å². The summed E-state index contributed by atoms with van der Waals surface area (Å²) in [7, 11) is 0. The molecular formula is C17H25N3O. The van der Waals surface area contributed by atoms with Crippen LogP contribution in [0.4, 0.5) is 5.69 Å². The van der Waals surface area contributed by atoms with Gasteiger partial charge in [-0.15, -0.1) is 0 Å². The van der Waals surface area contributed by atoms with Gasteiger partial charge in [0.15, 0.2) is 0 Å². The molecule has 2 aliphatic heterocycles. The molecule has 1 saturated heterocycles. The van der Waals surface area contributed by atoms with Gasteiger partial charge < -0.3 is 15.5 Å². The molecule has 0 saturated carbocycles. The molecule has 0 spiro atoms. The molecule has 2 aliphatic rings. The van der Waals surface area contributed by atoms with Crippen molar-refractivity contribution >= 4 is 11.6 Å². The Hall–Kier alpha value is -1.55. The van der Waals surface area contributed by atoms with Gasteiger partial charge >= 0.3 is 0 Å². The number of hydrogen-bond donors (Lipinski definition) is 2. The van der Waals surface area contributed by atoms with Crippen LogP contribution in [-0.4, -0.2) is 38.1 Å². The van der Waals surface area contributed by atoms with E-state index in [9.17, 15) is 4.79 Å². The van der Waals surface area contributed by atoms with Crippen molar-refractivity contribution < 1.29 is 4.79 Å². The summed E-state index contributed by atoms with van der Waals surface area (Å²) in [6, 6.07) is 9.03. The molecule has 0 aromatic heterocycles. The zero-order chi connectivity index (χ0) is 14.5. The third-order valence-electron chi connectivity index (χ3n) is 4.50. The number of fused-ring (bicyclic) bond motifs is 1. The van der Waals surface area contributed by atoms with Crippen molar-refractivity contribution in [1.29, 1.82) is 0 Å². The number of nitrogens with one attached hydrogen (secondary N) is 2. The van der Waals surface area contributed by atoms with Crippen molar-refractivity contribution in [2.75, 3.05) is 31.1 Å². The van der Waals surface area contributed by atoms with Gasteiger partial charge in [0.25, 0.3) is 0 Å². The number of anilines is 1. The van der Waals surface area contributed by atoms with Gasteiger partial charge in [-0.1, -0.05) is 18.2 Å². The summed E-state index contributed by atoms with van der Waals surface area (Å²) in [6.45, 7) is 3.98. The van der Waals surface area contributed by atoms with Gasteiger partial charge in [0.05, 0.1) is 0 Å². The Morgan fingerprint density at radius 3 is 3.14 bits per heavy atom. The summed E-state index contributed by atoms with van der Waals surface area (Å²) in [5.74, 6) is 0.191. The number of carbonyl (C=O) groups excluding carboxylic acids is 1. The molecule has 21 heavy (non-hydrogen) atoms. The van der Waals surface area contributed by atoms with Crippen molar-refractivity contribution in [3.05, 3.63) is 29.8 Å². The van der Waals surface area contributed by atoms with Crippen molar-refractivity contribution in [3.63, 3.8) is 0 Å². The average molecular weight is 287 g/mol. The van der Waals surface area contributed by atoms with Crippen LogP contribution in [-0.2, 0) is 11.2 Å². The number of para-hydroxylation sites is 1. The zero-order valence-electron chi connectivity index (χ0n) is 12.6. The Morgan fingerprint density at radius 2 is 2.29 bits per heavy atom. The van der Waals surface area contributed by atoms with Crippen molar-refractivity contribution in [3.8, 4) is 0 Å². The van der Waals surface area contributed by atoms with Crippen LogP contribution in [0, 0.1) is 0 Å². The maximum absolute atomic E-state index is 11.8. The minimum absolute atomic E-state index is 0.191. The highest BCUT2D eigenvalue weighted by molar-refractivity contribution is 5.76. The van der Waals surface area contributed by atoms with E-state index in [0.717, 1.165) is 45.4 Å². The van der Waals surface area contributed by atoms with Crippen molar-refractivity contribution in [2.24, 2.45) is 0 Å². The average Bonchev–Trinajstić information content (AvgIpc) is 3.13. The highest BCUT2D eigenvalue weighted by atomic mass is 16.1. The zero-order valence-corrected chi connectivity index (χ0v) is 12.6. The molecule has 2 N–H and O–H groups in total. The number of hydrogen-bond acceptors (Lipinski definition) is 3. The molecule has 1 aromatic rings. The molecule has 1 amide bonds. The predicted octanol–water partition coefficient (Wildman–Crippen LogP) is 1.70. The molecule has 0 bridgehead atoms. The number of benzene rings is 1. The summed E-state index contributed by atoms with van der Waals surface area (Å²) in [5, 5.41) is 6.42. The normalized spacial score (nSPS) is 20.6. The molecule has 3 rings (SSSR count). The Labute approximate surface area is 126 Å². The molecule has 4 nitrogen and oxygen atoms in total. The lowest BCUT2D eigenvalue weighted by Gasteiger charge is -2.19. The van der Waals surface area contributed by atoms with Crippen LogP contribution in [0.3, 0.4) is 0 Å². The van der Waals surface area contributed by atoms with E-state index in [1.807, 2.05) is 0 Å². The van der Waals surface area contributed by atoms with Gasteiger partial charge in [-0.05, 0) is 43.9 Å². The Bertz CT molecular complexity index is 483. The largest absolute Gasteiger partial charge is 0.371 e. The summed E-state index contributed by atoms with van der Waals surface area (Å²) in [4.78, 5) is 14.3. The molecule has 114 valence electrons. The first-order valence-electron chi connectivity index (χ1n) is 8.16. The fraction of sp³-hybridized carbons (Fsp3) is 0.588. The molecule has 1 fully saturated rings. The van der Waals surface area contributed by atoms with Gasteiger partial charge in [-0.3, -0.25) is 4.79 Å². The smallest absolute Gasteiger partial charge is 0.221 e. The maximum atomic E-state index is 11.8. The monoisotopic (exact) mass is 287 g/mol. The molecule has 2 heterocycles. The number of carbonyl (C=O) groups is 1. The first-order valence-corrected chi connectivity index (χ1v) is 8.16. The number of rotatable bonds is 6. The van der Waals surface area contributed by atoms with Crippen molar-refractivity contribution in [2.45, 2.75) is 38.1 Å².